The van der Waals surface area contributed by atoms with E-state index in [1.807, 2.05) is 0 Å². The molecule has 0 amide bonds. The highest BCUT2D eigenvalue weighted by Crippen LogP contribution is 2.52. The summed E-state index contributed by atoms with van der Waals surface area (Å²) in [7, 11) is 0. The molecule has 0 spiro atoms. The Morgan fingerprint density at radius 3 is 2.38 bits per heavy atom. The predicted octanol–water partition coefficient (Wildman–Crippen LogP) is -3.07. The van der Waals surface area contributed by atoms with Crippen molar-refractivity contribution >= 4 is 0 Å². The van der Waals surface area contributed by atoms with Crippen LogP contribution in [0, 0.1) is 5.92 Å². The maximum Gasteiger partial charge on any atom is 0.210 e. The number of ether oxygens (including phenoxy) is 3. The summed E-state index contributed by atoms with van der Waals surface area (Å²) in [6.45, 7) is 2.34. The molecule has 2 fully saturated rings. The summed E-state index contributed by atoms with van der Waals surface area (Å²) in [6.07, 6.45) is -9.04. The first-order valence-electron chi connectivity index (χ1n) is 8.45. The fraction of sp³-hybridized carbons (Fsp3) is 0.875. The van der Waals surface area contributed by atoms with Gasteiger partial charge in [0.25, 0.3) is 0 Å². The van der Waals surface area contributed by atoms with E-state index in [9.17, 15) is 35.7 Å². The third-order valence-electron chi connectivity index (χ3n) is 5.66. The minimum Gasteiger partial charge on any atom is -0.472 e. The molecule has 1 saturated heterocycles. The van der Waals surface area contributed by atoms with Crippen molar-refractivity contribution in [3.05, 3.63) is 11.8 Å². The monoisotopic (exact) mass is 378 g/mol. The van der Waals surface area contributed by atoms with Gasteiger partial charge in [-0.2, -0.15) is 0 Å². The van der Waals surface area contributed by atoms with E-state index in [0.717, 1.165) is 0 Å². The molecular formula is C16H26O10. The number of rotatable bonds is 3. The lowest BCUT2D eigenvalue weighted by atomic mass is 9.77. The van der Waals surface area contributed by atoms with Crippen molar-refractivity contribution in [3.8, 4) is 0 Å². The van der Waals surface area contributed by atoms with Gasteiger partial charge < -0.3 is 50.0 Å². The Kier molecular flexibility index (Phi) is 5.10. The van der Waals surface area contributed by atoms with Crippen molar-refractivity contribution in [1.29, 1.82) is 0 Å². The van der Waals surface area contributed by atoms with Crippen LogP contribution in [0.1, 0.15) is 20.3 Å². The smallest absolute Gasteiger partial charge is 0.210 e. The van der Waals surface area contributed by atoms with E-state index in [0.29, 0.717) is 5.57 Å². The molecule has 26 heavy (non-hydrogen) atoms. The normalized spacial score (nSPS) is 54.4. The SMILES string of the molecule is CC1=CO[C@H](O[C@@H]2O[C@H](CO)[C@@H](O)[C@H](O)[C@H]2O)[C@H]2[C@]1(O)[C@@H](O)C[C@@]2(C)O. The Bertz CT molecular complexity index is 563. The first-order chi connectivity index (χ1) is 12.0. The molecule has 0 radical (unpaired) electrons. The van der Waals surface area contributed by atoms with Crippen molar-refractivity contribution in [2.24, 2.45) is 5.92 Å². The number of hydrogen-bond acceptors (Lipinski definition) is 10. The minimum atomic E-state index is -1.81. The number of hydrogen-bond donors (Lipinski definition) is 7. The number of aliphatic hydroxyl groups is 7. The molecule has 0 unspecified atom stereocenters. The fourth-order valence-corrected chi connectivity index (χ4v) is 4.13. The molecule has 0 aromatic rings. The Balaban J connectivity index is 1.85. The predicted molar refractivity (Wildman–Crippen MR) is 83.2 cm³/mol. The van der Waals surface area contributed by atoms with Crippen LogP contribution in [0.25, 0.3) is 0 Å². The maximum absolute atomic E-state index is 11.0. The molecule has 0 aromatic heterocycles. The van der Waals surface area contributed by atoms with Crippen LogP contribution >= 0.6 is 0 Å². The number of fused-ring (bicyclic) bond motifs is 1. The summed E-state index contributed by atoms with van der Waals surface area (Å²) in [5.74, 6) is -1.11. The second-order valence-corrected chi connectivity index (χ2v) is 7.52. The average Bonchev–Trinajstić information content (AvgIpc) is 2.77. The van der Waals surface area contributed by atoms with Gasteiger partial charge in [0.2, 0.25) is 6.29 Å². The standard InChI is InChI=1S/C16H26O10/c1-6-5-24-14(12-15(2,22)3-8(18)16(6,12)23)26-13-11(21)10(20)9(19)7(4-17)25-13/h5,7-14,17-23H,3-4H2,1-2H3/t7-,8+,9-,10+,11-,12-,13+,14-,15-,16-/m1/s1. The van der Waals surface area contributed by atoms with Gasteiger partial charge >= 0.3 is 0 Å². The highest BCUT2D eigenvalue weighted by atomic mass is 16.8. The first kappa shape index (κ1) is 19.9. The van der Waals surface area contributed by atoms with Gasteiger partial charge in [0.05, 0.1) is 30.5 Å². The molecule has 0 bridgehead atoms. The molecule has 7 N–H and O–H groups in total. The van der Waals surface area contributed by atoms with Crippen molar-refractivity contribution in [2.45, 2.75) is 74.6 Å². The quantitative estimate of drug-likeness (QED) is 0.267. The van der Waals surface area contributed by atoms with Gasteiger partial charge in [-0.05, 0) is 19.4 Å². The molecule has 3 rings (SSSR count). The Labute approximate surface area is 149 Å². The van der Waals surface area contributed by atoms with E-state index in [1.165, 1.54) is 13.2 Å². The topological polar surface area (TPSA) is 169 Å². The lowest BCUT2D eigenvalue weighted by molar-refractivity contribution is -0.352. The second kappa shape index (κ2) is 6.66. The fourth-order valence-electron chi connectivity index (χ4n) is 4.13. The van der Waals surface area contributed by atoms with Crippen LogP contribution in [-0.2, 0) is 14.2 Å². The molecule has 1 aliphatic carbocycles. The molecule has 0 aromatic carbocycles. The zero-order valence-electron chi connectivity index (χ0n) is 14.5. The zero-order valence-corrected chi connectivity index (χ0v) is 14.5. The van der Waals surface area contributed by atoms with Gasteiger partial charge in [-0.1, -0.05) is 0 Å². The van der Waals surface area contributed by atoms with E-state index < -0.39 is 66.8 Å². The third kappa shape index (κ3) is 2.86. The van der Waals surface area contributed by atoms with Crippen molar-refractivity contribution < 1.29 is 50.0 Å². The molecule has 2 aliphatic heterocycles. The van der Waals surface area contributed by atoms with E-state index >= 15 is 0 Å². The molecule has 2 heterocycles. The van der Waals surface area contributed by atoms with Gasteiger partial charge in [-0.25, -0.2) is 0 Å². The van der Waals surface area contributed by atoms with Crippen molar-refractivity contribution in [1.82, 2.24) is 0 Å². The summed E-state index contributed by atoms with van der Waals surface area (Å²) >= 11 is 0. The van der Waals surface area contributed by atoms with Gasteiger partial charge in [-0.3, -0.25) is 0 Å². The molecule has 3 aliphatic rings. The van der Waals surface area contributed by atoms with Crippen LogP contribution in [0.3, 0.4) is 0 Å². The van der Waals surface area contributed by atoms with Gasteiger partial charge in [0.1, 0.15) is 30.0 Å². The highest BCUT2D eigenvalue weighted by Gasteiger charge is 2.66. The van der Waals surface area contributed by atoms with Crippen LogP contribution < -0.4 is 0 Å². The number of aliphatic hydroxyl groups excluding tert-OH is 5. The van der Waals surface area contributed by atoms with E-state index in [2.05, 4.69) is 0 Å². The van der Waals surface area contributed by atoms with Gasteiger partial charge in [0.15, 0.2) is 6.29 Å². The van der Waals surface area contributed by atoms with Crippen LogP contribution in [-0.4, -0.2) is 96.7 Å². The average molecular weight is 378 g/mol. The molecule has 10 heteroatoms. The maximum atomic E-state index is 11.0. The Morgan fingerprint density at radius 2 is 1.77 bits per heavy atom. The highest BCUT2D eigenvalue weighted by molar-refractivity contribution is 5.28. The molecule has 150 valence electrons. The van der Waals surface area contributed by atoms with Crippen LogP contribution in [0.4, 0.5) is 0 Å². The van der Waals surface area contributed by atoms with E-state index in [4.69, 9.17) is 14.2 Å². The zero-order chi connectivity index (χ0) is 19.4. The lowest BCUT2D eigenvalue weighted by Gasteiger charge is -2.46. The second-order valence-electron chi connectivity index (χ2n) is 7.52. The molecule has 10 atom stereocenters. The summed E-state index contributed by atoms with van der Waals surface area (Å²) in [5, 5.41) is 70.9. The van der Waals surface area contributed by atoms with Crippen LogP contribution in [0.5, 0.6) is 0 Å². The minimum absolute atomic E-state index is 0.128. The van der Waals surface area contributed by atoms with Crippen molar-refractivity contribution in [2.75, 3.05) is 6.61 Å². The Hall–Kier alpha value is -0.820. The summed E-state index contributed by atoms with van der Waals surface area (Å²) in [6, 6.07) is 0. The van der Waals surface area contributed by atoms with E-state index in [1.54, 1.807) is 6.92 Å². The lowest BCUT2D eigenvalue weighted by Crippen LogP contribution is -2.62. The first-order valence-corrected chi connectivity index (χ1v) is 8.45. The van der Waals surface area contributed by atoms with Gasteiger partial charge in [0, 0.05) is 6.42 Å². The van der Waals surface area contributed by atoms with E-state index in [-0.39, 0.29) is 6.42 Å². The molecular weight excluding hydrogens is 352 g/mol. The summed E-state index contributed by atoms with van der Waals surface area (Å²) in [4.78, 5) is 0. The van der Waals surface area contributed by atoms with Gasteiger partial charge in [-0.15, -0.1) is 0 Å². The summed E-state index contributed by atoms with van der Waals surface area (Å²) in [5.41, 5.74) is -3.05. The van der Waals surface area contributed by atoms with Crippen LogP contribution in [0.15, 0.2) is 11.8 Å². The Morgan fingerprint density at radius 1 is 1.12 bits per heavy atom. The largest absolute Gasteiger partial charge is 0.472 e. The molecule has 10 nitrogen and oxygen atoms in total. The third-order valence-corrected chi connectivity index (χ3v) is 5.66. The summed E-state index contributed by atoms with van der Waals surface area (Å²) < 4.78 is 16.3. The molecule has 1 saturated carbocycles. The van der Waals surface area contributed by atoms with Crippen molar-refractivity contribution in [3.63, 3.8) is 0 Å². The van der Waals surface area contributed by atoms with Crippen LogP contribution in [0.2, 0.25) is 0 Å².